The molecular formula is C14H12BrClN2O2. The Hall–Kier alpha value is -1.59. The van der Waals surface area contributed by atoms with Crippen molar-refractivity contribution in [1.82, 2.24) is 0 Å². The van der Waals surface area contributed by atoms with Gasteiger partial charge < -0.3 is 5.32 Å². The van der Waals surface area contributed by atoms with Crippen LogP contribution in [0.3, 0.4) is 0 Å². The Morgan fingerprint density at radius 2 is 2.05 bits per heavy atom. The van der Waals surface area contributed by atoms with Crippen LogP contribution >= 0.6 is 27.5 Å². The summed E-state index contributed by atoms with van der Waals surface area (Å²) in [7, 11) is 0. The number of non-ortho nitro benzene ring substituents is 1. The fourth-order valence-corrected chi connectivity index (χ4v) is 2.26. The lowest BCUT2D eigenvalue weighted by molar-refractivity contribution is -0.384. The average molecular weight is 356 g/mol. The molecule has 0 saturated heterocycles. The fourth-order valence-electron chi connectivity index (χ4n) is 1.81. The van der Waals surface area contributed by atoms with Gasteiger partial charge in [0.1, 0.15) is 0 Å². The Bertz CT molecular complexity index is 662. The Morgan fingerprint density at radius 1 is 1.30 bits per heavy atom. The predicted molar refractivity (Wildman–Crippen MR) is 84.3 cm³/mol. The number of halogens is 2. The number of hydrogen-bond acceptors (Lipinski definition) is 3. The van der Waals surface area contributed by atoms with E-state index in [1.165, 1.54) is 6.07 Å². The fraction of sp³-hybridized carbons (Fsp3) is 0.143. The van der Waals surface area contributed by atoms with E-state index in [0.717, 1.165) is 21.3 Å². The van der Waals surface area contributed by atoms with Crippen molar-refractivity contribution in [1.29, 1.82) is 0 Å². The number of aryl methyl sites for hydroxylation is 1. The van der Waals surface area contributed by atoms with E-state index in [9.17, 15) is 10.1 Å². The van der Waals surface area contributed by atoms with Crippen LogP contribution in [0.1, 0.15) is 11.1 Å². The lowest BCUT2D eigenvalue weighted by Crippen LogP contribution is -2.01. The van der Waals surface area contributed by atoms with Crippen LogP contribution in [-0.4, -0.2) is 4.92 Å². The van der Waals surface area contributed by atoms with Gasteiger partial charge >= 0.3 is 0 Å². The molecule has 6 heteroatoms. The standard InChI is InChI=1S/C14H12BrClN2O2/c1-9-6-11(18(19)20)3-5-14(9)17-8-10-2-4-12(15)13(16)7-10/h2-7,17H,8H2,1H3. The van der Waals surface area contributed by atoms with E-state index in [1.54, 1.807) is 12.1 Å². The number of nitro groups is 1. The highest BCUT2D eigenvalue weighted by molar-refractivity contribution is 9.10. The smallest absolute Gasteiger partial charge is 0.269 e. The van der Waals surface area contributed by atoms with Gasteiger partial charge in [0.15, 0.2) is 0 Å². The zero-order valence-electron chi connectivity index (χ0n) is 10.7. The highest BCUT2D eigenvalue weighted by Gasteiger charge is 2.08. The number of benzene rings is 2. The third-order valence-electron chi connectivity index (χ3n) is 2.89. The quantitative estimate of drug-likeness (QED) is 0.625. The van der Waals surface area contributed by atoms with Gasteiger partial charge in [0.2, 0.25) is 0 Å². The summed E-state index contributed by atoms with van der Waals surface area (Å²) in [5.41, 5.74) is 2.84. The second-order valence-corrected chi connectivity index (χ2v) is 5.62. The van der Waals surface area contributed by atoms with E-state index in [1.807, 2.05) is 25.1 Å². The first-order valence-electron chi connectivity index (χ1n) is 5.90. The largest absolute Gasteiger partial charge is 0.381 e. The first kappa shape index (κ1) is 14.8. The summed E-state index contributed by atoms with van der Waals surface area (Å²) >= 11 is 9.38. The maximum Gasteiger partial charge on any atom is 0.269 e. The van der Waals surface area contributed by atoms with Gasteiger partial charge in [-0.1, -0.05) is 17.7 Å². The van der Waals surface area contributed by atoms with E-state index in [4.69, 9.17) is 11.6 Å². The van der Waals surface area contributed by atoms with Gasteiger partial charge in [-0.25, -0.2) is 0 Å². The molecule has 0 aliphatic heterocycles. The molecule has 2 aromatic carbocycles. The average Bonchev–Trinajstić information content (AvgIpc) is 2.41. The minimum atomic E-state index is -0.398. The molecule has 2 aromatic rings. The van der Waals surface area contributed by atoms with Crippen LogP contribution in [0.4, 0.5) is 11.4 Å². The first-order valence-corrected chi connectivity index (χ1v) is 7.07. The van der Waals surface area contributed by atoms with Gasteiger partial charge in [-0.3, -0.25) is 10.1 Å². The molecule has 104 valence electrons. The molecule has 0 aromatic heterocycles. The lowest BCUT2D eigenvalue weighted by atomic mass is 10.1. The van der Waals surface area contributed by atoms with Crippen molar-refractivity contribution in [2.45, 2.75) is 13.5 Å². The zero-order valence-corrected chi connectivity index (χ0v) is 13.0. The van der Waals surface area contributed by atoms with E-state index >= 15 is 0 Å². The zero-order chi connectivity index (χ0) is 14.7. The Balaban J connectivity index is 2.10. The third-order valence-corrected chi connectivity index (χ3v) is 4.12. The Morgan fingerprint density at radius 3 is 2.65 bits per heavy atom. The predicted octanol–water partition coefficient (Wildman–Crippen LogP) is 4.93. The maximum absolute atomic E-state index is 10.7. The molecule has 0 atom stereocenters. The van der Waals surface area contributed by atoms with Gasteiger partial charge in [-0.2, -0.15) is 0 Å². The lowest BCUT2D eigenvalue weighted by Gasteiger charge is -2.10. The third kappa shape index (κ3) is 3.49. The number of anilines is 1. The number of hydrogen-bond donors (Lipinski definition) is 1. The highest BCUT2D eigenvalue weighted by Crippen LogP contribution is 2.25. The number of nitro benzene ring substituents is 1. The van der Waals surface area contributed by atoms with E-state index in [2.05, 4.69) is 21.2 Å². The van der Waals surface area contributed by atoms with E-state index in [-0.39, 0.29) is 5.69 Å². The van der Waals surface area contributed by atoms with Crippen LogP contribution in [0.25, 0.3) is 0 Å². The van der Waals surface area contributed by atoms with E-state index < -0.39 is 4.92 Å². The SMILES string of the molecule is Cc1cc([N+](=O)[O-])ccc1NCc1ccc(Br)c(Cl)c1. The molecule has 0 fully saturated rings. The molecule has 0 heterocycles. The Labute approximate surface area is 130 Å². The highest BCUT2D eigenvalue weighted by atomic mass is 79.9. The Kier molecular flexibility index (Phi) is 4.62. The molecule has 0 saturated carbocycles. The van der Waals surface area contributed by atoms with E-state index in [0.29, 0.717) is 11.6 Å². The molecule has 0 aliphatic carbocycles. The van der Waals surface area contributed by atoms with Crippen LogP contribution in [0, 0.1) is 17.0 Å². The second-order valence-electron chi connectivity index (χ2n) is 4.36. The monoisotopic (exact) mass is 354 g/mol. The van der Waals surface area contributed by atoms with Crippen molar-refractivity contribution < 1.29 is 4.92 Å². The van der Waals surface area contributed by atoms with Gasteiger partial charge in [0.05, 0.1) is 9.95 Å². The number of rotatable bonds is 4. The summed E-state index contributed by atoms with van der Waals surface area (Å²) in [6.07, 6.45) is 0. The summed E-state index contributed by atoms with van der Waals surface area (Å²) in [5, 5.41) is 14.6. The molecule has 0 unspecified atom stereocenters. The normalized spacial score (nSPS) is 10.3. The van der Waals surface area contributed by atoms with Crippen molar-refractivity contribution >= 4 is 38.9 Å². The summed E-state index contributed by atoms with van der Waals surface area (Å²) in [4.78, 5) is 10.3. The molecule has 0 spiro atoms. The summed E-state index contributed by atoms with van der Waals surface area (Å²) in [6, 6.07) is 10.5. The van der Waals surface area contributed by atoms with Gasteiger partial charge in [-0.05, 0) is 52.2 Å². The molecule has 0 radical (unpaired) electrons. The van der Waals surface area contributed by atoms with Crippen molar-refractivity contribution in [2.75, 3.05) is 5.32 Å². The maximum atomic E-state index is 10.7. The van der Waals surface area contributed by atoms with Crippen molar-refractivity contribution in [3.8, 4) is 0 Å². The van der Waals surface area contributed by atoms with Crippen molar-refractivity contribution in [3.63, 3.8) is 0 Å². The topological polar surface area (TPSA) is 55.2 Å². The van der Waals surface area contributed by atoms with Gasteiger partial charge in [0, 0.05) is 28.8 Å². The first-order chi connectivity index (χ1) is 9.47. The minimum absolute atomic E-state index is 0.0970. The van der Waals surface area contributed by atoms with Crippen LogP contribution in [0.5, 0.6) is 0 Å². The molecule has 1 N–H and O–H groups in total. The molecule has 20 heavy (non-hydrogen) atoms. The molecule has 2 rings (SSSR count). The number of nitrogens with one attached hydrogen (secondary N) is 1. The molecule has 4 nitrogen and oxygen atoms in total. The summed E-state index contributed by atoms with van der Waals surface area (Å²) in [6.45, 7) is 2.44. The molecule has 0 aliphatic rings. The molecular weight excluding hydrogens is 344 g/mol. The van der Waals surface area contributed by atoms with Gasteiger partial charge in [0.25, 0.3) is 5.69 Å². The minimum Gasteiger partial charge on any atom is -0.381 e. The molecule has 0 bridgehead atoms. The van der Waals surface area contributed by atoms with Crippen LogP contribution in [0.2, 0.25) is 5.02 Å². The van der Waals surface area contributed by atoms with Crippen LogP contribution < -0.4 is 5.32 Å². The van der Waals surface area contributed by atoms with Crippen LogP contribution in [-0.2, 0) is 6.54 Å². The molecule has 0 amide bonds. The van der Waals surface area contributed by atoms with Crippen molar-refractivity contribution in [2.24, 2.45) is 0 Å². The van der Waals surface area contributed by atoms with Crippen LogP contribution in [0.15, 0.2) is 40.9 Å². The second kappa shape index (κ2) is 6.24. The number of nitrogens with zero attached hydrogens (tertiary/aromatic N) is 1. The van der Waals surface area contributed by atoms with Crippen molar-refractivity contribution in [3.05, 3.63) is 67.1 Å². The summed E-state index contributed by atoms with van der Waals surface area (Å²) in [5.74, 6) is 0. The summed E-state index contributed by atoms with van der Waals surface area (Å²) < 4.78 is 0.856. The van der Waals surface area contributed by atoms with Gasteiger partial charge in [-0.15, -0.1) is 0 Å².